The van der Waals surface area contributed by atoms with Gasteiger partial charge in [-0.25, -0.2) is 0 Å². The molecule has 0 radical (unpaired) electrons. The van der Waals surface area contributed by atoms with Crippen LogP contribution in [0, 0.1) is 45.3 Å². The van der Waals surface area contributed by atoms with Crippen LogP contribution in [0.5, 0.6) is 0 Å². The van der Waals surface area contributed by atoms with Crippen molar-refractivity contribution in [2.75, 3.05) is 40.1 Å². The molecule has 11 rings (SSSR count). The van der Waals surface area contributed by atoms with Gasteiger partial charge in [-0.15, -0.1) is 0 Å². The van der Waals surface area contributed by atoms with E-state index < -0.39 is 244 Å². The van der Waals surface area contributed by atoms with Crippen molar-refractivity contribution in [1.29, 1.82) is 0 Å². The number of hydrogen-bond acceptors (Lipinski definition) is 31. The van der Waals surface area contributed by atoms with Gasteiger partial charge in [-0.05, 0) is 92.8 Å². The van der Waals surface area contributed by atoms with E-state index >= 15 is 0 Å². The number of hydrogen-bond donors (Lipinski definition) is 15. The lowest BCUT2D eigenvalue weighted by molar-refractivity contribution is -0.394. The Kier molecular flexibility index (Phi) is 22.5. The van der Waals surface area contributed by atoms with Crippen molar-refractivity contribution < 1.29 is 153 Å². The number of ketones is 1. The second-order valence-electron chi connectivity index (χ2n) is 30.4. The van der Waals surface area contributed by atoms with Crippen LogP contribution in [0.1, 0.15) is 113 Å². The largest absolute Gasteiger partial charge is 0.458 e. The highest BCUT2D eigenvalue weighted by Crippen LogP contribution is 2.75. The van der Waals surface area contributed by atoms with Gasteiger partial charge in [0, 0.05) is 13.5 Å². The molecule has 7 heterocycles. The molecule has 11 aliphatic rings. The van der Waals surface area contributed by atoms with Gasteiger partial charge < -0.3 is 143 Å². The first-order chi connectivity index (χ1) is 45.3. The maximum atomic E-state index is 14.6. The summed E-state index contributed by atoms with van der Waals surface area (Å²) in [6.45, 7) is 12.7. The van der Waals surface area contributed by atoms with Gasteiger partial charge in [0.25, 0.3) is 0 Å². The lowest BCUT2D eigenvalue weighted by Crippen LogP contribution is -2.67. The SMILES string of the molecule is CO[C@@H]1[C@@H](O)[C@H](O[C@@H]2[C@@H](O)[C@H](O[C@H]3[C@H](O)[C@@H](O)[C@H](O[C@H]4[C@H](O[C@H]5CC[C@]6(C)C7=CC[C@]89C(=O)O[C@@](C)(CCCC(C)C)[C@H]8C(=O)C[C@@]9(C)[C@@H]7CC[C@H]6C5(C)C)OC[C@@H](O[C@@H]5O[C@H](CO)[C@@H](O)[C@H](O[C@@H]6O[C@H](CO)[C@@H](O)[C@H](O)[C@H]6O)[C@H]5O)[C@@H]4O)O[C@@H]3C)OC[C@H]2O)O[C@H](CO)[C@H]1O. The molecule has 0 aromatic carbocycles. The van der Waals surface area contributed by atoms with E-state index in [0.29, 0.717) is 44.4 Å². The van der Waals surface area contributed by atoms with E-state index in [4.69, 9.17) is 66.3 Å². The van der Waals surface area contributed by atoms with Gasteiger partial charge in [0.2, 0.25) is 0 Å². The third kappa shape index (κ3) is 12.8. The van der Waals surface area contributed by atoms with Crippen LogP contribution < -0.4 is 0 Å². The molecule has 0 amide bonds. The third-order valence-electron chi connectivity index (χ3n) is 23.9. The number of fused-ring (bicyclic) bond motifs is 4. The molecule has 36 atom stereocenters. The Morgan fingerprint density at radius 2 is 1.11 bits per heavy atom. The predicted octanol–water partition coefficient (Wildman–Crippen LogP) is -3.84. The van der Waals surface area contributed by atoms with E-state index in [-0.39, 0.29) is 30.0 Å². The minimum Gasteiger partial charge on any atom is -0.458 e. The third-order valence-corrected chi connectivity index (χ3v) is 23.9. The van der Waals surface area contributed by atoms with Gasteiger partial charge in [0.15, 0.2) is 37.7 Å². The predicted molar refractivity (Wildman–Crippen MR) is 320 cm³/mol. The molecule has 31 heteroatoms. The molecule has 1 spiro atoms. The number of rotatable bonds is 20. The highest BCUT2D eigenvalue weighted by atomic mass is 16.8. The number of aliphatic hydroxyl groups excluding tert-OH is 15. The zero-order valence-corrected chi connectivity index (χ0v) is 55.8. The summed E-state index contributed by atoms with van der Waals surface area (Å²) < 4.78 is 84.2. The molecule has 0 aromatic rings. The average Bonchev–Trinajstić information content (AvgIpc) is 1.47. The van der Waals surface area contributed by atoms with Gasteiger partial charge in [-0.1, -0.05) is 59.6 Å². The van der Waals surface area contributed by atoms with Gasteiger partial charge in [0.05, 0.1) is 56.6 Å². The Bertz CT molecular complexity index is 2710. The fourth-order valence-electron chi connectivity index (χ4n) is 18.6. The fourth-order valence-corrected chi connectivity index (χ4v) is 18.6. The Labute approximate surface area is 556 Å². The topological polar surface area (TPSA) is 467 Å². The number of methoxy groups -OCH3 is 1. The van der Waals surface area contributed by atoms with Crippen molar-refractivity contribution in [3.63, 3.8) is 0 Å². The molecule has 0 unspecified atom stereocenters. The van der Waals surface area contributed by atoms with Gasteiger partial charge in [-0.3, -0.25) is 9.59 Å². The molecule has 96 heavy (non-hydrogen) atoms. The quantitative estimate of drug-likeness (QED) is 0.0315. The van der Waals surface area contributed by atoms with Crippen molar-refractivity contribution >= 4 is 11.8 Å². The zero-order valence-electron chi connectivity index (χ0n) is 55.8. The van der Waals surface area contributed by atoms with Crippen LogP contribution in [0.3, 0.4) is 0 Å². The lowest BCUT2D eigenvalue weighted by atomic mass is 9.41. The zero-order chi connectivity index (χ0) is 69.8. The van der Waals surface area contributed by atoms with Crippen LogP contribution in [0.4, 0.5) is 0 Å². The number of aliphatic hydroxyl groups is 15. The molecule has 0 aromatic heterocycles. The summed E-state index contributed by atoms with van der Waals surface area (Å²) in [7, 11) is 1.20. The highest BCUT2D eigenvalue weighted by Gasteiger charge is 2.79. The van der Waals surface area contributed by atoms with Gasteiger partial charge in [-0.2, -0.15) is 0 Å². The summed E-state index contributed by atoms with van der Waals surface area (Å²) in [5.41, 5.74) is -2.49. The monoisotopic (exact) mass is 1380 g/mol. The molecule has 550 valence electrons. The van der Waals surface area contributed by atoms with Crippen molar-refractivity contribution in [2.45, 2.75) is 297 Å². The standard InChI is InChI=1S/C65H104O31/c1-25(2)11-10-16-64(8)53-29(69)19-63(7)28-12-13-35-61(4,5)36(15-17-62(35,6)27(28)14-18-65(53,63)60(82)96-64)91-59-52(40(74)34(24-85-59)90-57-47(81)51(39(73)33(22-68)88-57)94-56-43(77)41(75)37(71)31(20-66)87-56)95-55-44(78)42(76)48(26(3)86-55)92-54-45(79)49(30(70)23-84-54)93-58-46(80)50(83-9)38(72)32(21-67)89-58/h14,25-26,28,30-59,66-68,70-81H,10-13,15-24H2,1-9H3/t26-,28-,30-,31-,32-,33-,34-,35+,36+,37-,38-,39-,40+,41+,42-,43-,44-,45-,46-,47-,48-,49+,50+,51+,52-,53-,54+,55+,56+,57+,58+,59+,62-,63+,64+,65-/m1/s1. The molecule has 10 fully saturated rings. The number of allylic oxidation sites excluding steroid dienone is 2. The second-order valence-corrected chi connectivity index (χ2v) is 30.4. The normalized spacial score (nSPS) is 52.7. The van der Waals surface area contributed by atoms with Crippen LogP contribution in [0.2, 0.25) is 0 Å². The van der Waals surface area contributed by atoms with E-state index in [2.05, 4.69) is 47.6 Å². The number of Topliss-reactive ketones (excluding diaryl/α,β-unsaturated/α-hetero) is 1. The highest BCUT2D eigenvalue weighted by molar-refractivity contribution is 5.99. The van der Waals surface area contributed by atoms with Gasteiger partial charge in [0.1, 0.15) is 140 Å². The van der Waals surface area contributed by atoms with Crippen molar-refractivity contribution in [1.82, 2.24) is 0 Å². The number of cyclic esters (lactones) is 1. The second kappa shape index (κ2) is 28.8. The maximum absolute atomic E-state index is 14.6. The first-order valence-corrected chi connectivity index (χ1v) is 34.0. The smallest absolute Gasteiger partial charge is 0.314 e. The summed E-state index contributed by atoms with van der Waals surface area (Å²) in [6.07, 6.45) is -40.6. The van der Waals surface area contributed by atoms with E-state index in [1.165, 1.54) is 19.6 Å². The summed E-state index contributed by atoms with van der Waals surface area (Å²) in [5, 5.41) is 166. The van der Waals surface area contributed by atoms with Crippen molar-refractivity contribution in [3.05, 3.63) is 11.6 Å². The minimum absolute atomic E-state index is 0.0495. The van der Waals surface area contributed by atoms with Crippen molar-refractivity contribution in [2.24, 2.45) is 45.3 Å². The van der Waals surface area contributed by atoms with E-state index in [1.54, 1.807) is 0 Å². The van der Waals surface area contributed by atoms with Gasteiger partial charge >= 0.3 is 5.97 Å². The number of carbonyl (C=O) groups excluding carboxylic acids is 2. The van der Waals surface area contributed by atoms with Crippen LogP contribution in [0.15, 0.2) is 11.6 Å². The van der Waals surface area contributed by atoms with E-state index in [1.807, 2.05) is 6.92 Å². The van der Waals surface area contributed by atoms with Crippen LogP contribution >= 0.6 is 0 Å². The molecular formula is C65H104O31. The van der Waals surface area contributed by atoms with Crippen molar-refractivity contribution in [3.8, 4) is 0 Å². The van der Waals surface area contributed by atoms with Crippen LogP contribution in [0.25, 0.3) is 0 Å². The summed E-state index contributed by atoms with van der Waals surface area (Å²) in [4.78, 5) is 29.1. The first-order valence-electron chi connectivity index (χ1n) is 34.0. The number of ether oxygens (including phenoxy) is 14. The molecule has 15 N–H and O–H groups in total. The van der Waals surface area contributed by atoms with Crippen LogP contribution in [-0.4, -0.2) is 312 Å². The van der Waals surface area contributed by atoms with Crippen LogP contribution in [-0.2, 0) is 75.9 Å². The Morgan fingerprint density at radius 1 is 0.562 bits per heavy atom. The molecule has 4 aliphatic carbocycles. The molecule has 0 bridgehead atoms. The van der Waals surface area contributed by atoms with E-state index in [0.717, 1.165) is 12.8 Å². The molecule has 3 saturated carbocycles. The molecular weight excluding hydrogens is 1280 g/mol. The first kappa shape index (κ1) is 74.9. The number of esters is 1. The maximum Gasteiger partial charge on any atom is 0.314 e. The fraction of sp³-hybridized carbons (Fsp3) is 0.938. The summed E-state index contributed by atoms with van der Waals surface area (Å²) in [6, 6.07) is 0. The summed E-state index contributed by atoms with van der Waals surface area (Å²) in [5.74, 6) is -0.462. The molecule has 7 aliphatic heterocycles. The molecule has 7 saturated heterocycles. The average molecular weight is 1380 g/mol. The Hall–Kier alpha value is -2.24. The van der Waals surface area contributed by atoms with E-state index in [9.17, 15) is 86.2 Å². The lowest BCUT2D eigenvalue weighted by Gasteiger charge is -2.63. The number of carbonyl (C=O) groups is 2. The molecule has 31 nitrogen and oxygen atoms in total. The Balaban J connectivity index is 0.826. The Morgan fingerprint density at radius 3 is 1.76 bits per heavy atom. The summed E-state index contributed by atoms with van der Waals surface area (Å²) >= 11 is 0. The minimum atomic E-state index is -2.03.